The molecule has 0 bridgehead atoms. The van der Waals surface area contributed by atoms with Gasteiger partial charge in [-0.3, -0.25) is 9.59 Å². The lowest BCUT2D eigenvalue weighted by Crippen LogP contribution is -2.36. The highest BCUT2D eigenvalue weighted by Gasteiger charge is 2.37. The average molecular weight is 458 g/mol. The number of rotatable bonds is 8. The van der Waals surface area contributed by atoms with Crippen molar-refractivity contribution in [3.8, 4) is 0 Å². The number of nitrogens with zero attached hydrogens (tertiary/aromatic N) is 1. The lowest BCUT2D eigenvalue weighted by atomic mass is 10.1. The van der Waals surface area contributed by atoms with Gasteiger partial charge < -0.3 is 10.2 Å². The monoisotopic (exact) mass is 457 g/mol. The van der Waals surface area contributed by atoms with Crippen LogP contribution in [0.4, 0.5) is 5.69 Å². The number of carbonyl (C=O) groups is 2. The summed E-state index contributed by atoms with van der Waals surface area (Å²) in [6.07, 6.45) is 0.483. The van der Waals surface area contributed by atoms with Crippen LogP contribution in [0.2, 0.25) is 0 Å². The third-order valence-corrected chi connectivity index (χ3v) is 7.13. The first-order valence-electron chi connectivity index (χ1n) is 10.8. The van der Waals surface area contributed by atoms with Crippen molar-refractivity contribution < 1.29 is 18.0 Å². The van der Waals surface area contributed by atoms with Gasteiger partial charge in [0.05, 0.1) is 5.75 Å². The van der Waals surface area contributed by atoms with Crippen LogP contribution >= 0.6 is 0 Å². The van der Waals surface area contributed by atoms with E-state index in [1.807, 2.05) is 32.0 Å². The Bertz CT molecular complexity index is 1090. The summed E-state index contributed by atoms with van der Waals surface area (Å²) in [7, 11) is -3.38. The summed E-state index contributed by atoms with van der Waals surface area (Å²) in [5, 5.41) is 2.84. The molecule has 2 aromatic carbocycles. The van der Waals surface area contributed by atoms with Gasteiger partial charge in [-0.25, -0.2) is 13.1 Å². The fraction of sp³-hybridized carbons (Fsp3) is 0.417. The van der Waals surface area contributed by atoms with E-state index in [1.54, 1.807) is 43.0 Å². The van der Waals surface area contributed by atoms with E-state index >= 15 is 0 Å². The van der Waals surface area contributed by atoms with Gasteiger partial charge in [0.1, 0.15) is 5.92 Å². The second-order valence-electron chi connectivity index (χ2n) is 8.67. The molecular weight excluding hydrogens is 426 g/mol. The molecule has 172 valence electrons. The van der Waals surface area contributed by atoms with Crippen LogP contribution in [0, 0.1) is 19.8 Å². The van der Waals surface area contributed by atoms with Crippen LogP contribution in [0.25, 0.3) is 0 Å². The van der Waals surface area contributed by atoms with Crippen LogP contribution in [-0.2, 0) is 31.9 Å². The molecule has 2 aromatic rings. The summed E-state index contributed by atoms with van der Waals surface area (Å²) in [4.78, 5) is 27.1. The van der Waals surface area contributed by atoms with E-state index < -0.39 is 15.9 Å². The number of carbonyl (C=O) groups excluding carboxylic acids is 2. The van der Waals surface area contributed by atoms with E-state index in [9.17, 15) is 18.0 Å². The lowest BCUT2D eigenvalue weighted by Gasteiger charge is -2.18. The Balaban J connectivity index is 1.55. The predicted molar refractivity (Wildman–Crippen MR) is 126 cm³/mol. The number of nitrogens with one attached hydrogen (secondary N) is 2. The minimum Gasteiger partial charge on any atom is -0.351 e. The fourth-order valence-corrected chi connectivity index (χ4v) is 5.19. The molecule has 1 unspecified atom stereocenters. The van der Waals surface area contributed by atoms with E-state index in [2.05, 4.69) is 10.0 Å². The molecule has 3 rings (SSSR count). The van der Waals surface area contributed by atoms with Crippen molar-refractivity contribution >= 4 is 27.5 Å². The Kier molecular flexibility index (Phi) is 7.36. The number of hydrogen-bond acceptors (Lipinski definition) is 4. The summed E-state index contributed by atoms with van der Waals surface area (Å²) in [5.41, 5.74) is 4.61. The SMILES string of the molecule is Cc1ccc(N2CCC(C(=O)NCc3ccc(CS(=O)(=O)NC(C)C)cc3)C2=O)cc1C. The molecule has 1 fully saturated rings. The molecule has 0 saturated carbocycles. The number of amides is 2. The van der Waals surface area contributed by atoms with Gasteiger partial charge >= 0.3 is 0 Å². The van der Waals surface area contributed by atoms with Crippen LogP contribution in [0.15, 0.2) is 42.5 Å². The molecule has 1 aliphatic rings. The molecule has 0 aromatic heterocycles. The van der Waals surface area contributed by atoms with Crippen molar-refractivity contribution in [2.45, 2.75) is 52.5 Å². The minimum atomic E-state index is -3.38. The number of hydrogen-bond donors (Lipinski definition) is 2. The van der Waals surface area contributed by atoms with Crippen molar-refractivity contribution in [2.24, 2.45) is 5.92 Å². The van der Waals surface area contributed by atoms with E-state index in [0.29, 0.717) is 18.5 Å². The molecule has 7 nitrogen and oxygen atoms in total. The Hall–Kier alpha value is -2.71. The molecular formula is C24H31N3O4S. The first-order chi connectivity index (χ1) is 15.1. The smallest absolute Gasteiger partial charge is 0.239 e. The van der Waals surface area contributed by atoms with Gasteiger partial charge in [0.15, 0.2) is 0 Å². The highest BCUT2D eigenvalue weighted by Crippen LogP contribution is 2.27. The van der Waals surface area contributed by atoms with E-state index in [-0.39, 0.29) is 30.2 Å². The minimum absolute atomic E-state index is 0.0945. The molecule has 2 N–H and O–H groups in total. The number of sulfonamides is 1. The molecule has 1 aliphatic heterocycles. The summed E-state index contributed by atoms with van der Waals surface area (Å²) in [6.45, 7) is 8.38. The quantitative estimate of drug-likeness (QED) is 0.596. The molecule has 1 heterocycles. The molecule has 1 atom stereocenters. The van der Waals surface area contributed by atoms with Crippen molar-refractivity contribution in [1.82, 2.24) is 10.0 Å². The van der Waals surface area contributed by atoms with Crippen molar-refractivity contribution in [2.75, 3.05) is 11.4 Å². The third-order valence-electron chi connectivity index (χ3n) is 5.59. The van der Waals surface area contributed by atoms with Crippen molar-refractivity contribution in [3.63, 3.8) is 0 Å². The Morgan fingerprint density at radius 2 is 1.72 bits per heavy atom. The first-order valence-corrected chi connectivity index (χ1v) is 12.4. The van der Waals surface area contributed by atoms with Crippen LogP contribution in [-0.4, -0.2) is 32.8 Å². The molecule has 0 spiro atoms. The number of aryl methyl sites for hydroxylation is 2. The van der Waals surface area contributed by atoms with Crippen LogP contribution < -0.4 is 14.9 Å². The Morgan fingerprint density at radius 1 is 1.06 bits per heavy atom. The van der Waals surface area contributed by atoms with Gasteiger partial charge in [-0.05, 0) is 68.5 Å². The topological polar surface area (TPSA) is 95.6 Å². The average Bonchev–Trinajstić information content (AvgIpc) is 3.09. The van der Waals surface area contributed by atoms with Gasteiger partial charge in [-0.2, -0.15) is 0 Å². The highest BCUT2D eigenvalue weighted by atomic mass is 32.2. The zero-order valence-electron chi connectivity index (χ0n) is 19.0. The van der Waals surface area contributed by atoms with E-state index in [0.717, 1.165) is 22.4 Å². The van der Waals surface area contributed by atoms with Crippen molar-refractivity contribution in [1.29, 1.82) is 0 Å². The van der Waals surface area contributed by atoms with Crippen molar-refractivity contribution in [3.05, 3.63) is 64.7 Å². The van der Waals surface area contributed by atoms with Crippen LogP contribution in [0.1, 0.15) is 42.5 Å². The first kappa shape index (κ1) is 23.9. The normalized spacial score (nSPS) is 16.6. The summed E-state index contributed by atoms with van der Waals surface area (Å²) in [5.74, 6) is -1.25. The van der Waals surface area contributed by atoms with Gasteiger partial charge in [0.2, 0.25) is 21.8 Å². The van der Waals surface area contributed by atoms with Gasteiger partial charge in [-0.15, -0.1) is 0 Å². The summed E-state index contributed by atoms with van der Waals surface area (Å²) in [6, 6.07) is 12.8. The van der Waals surface area contributed by atoms with Crippen LogP contribution in [0.3, 0.4) is 0 Å². The maximum absolute atomic E-state index is 12.8. The lowest BCUT2D eigenvalue weighted by molar-refractivity contribution is -0.132. The van der Waals surface area contributed by atoms with E-state index in [1.165, 1.54) is 0 Å². The molecule has 0 aliphatic carbocycles. The second kappa shape index (κ2) is 9.83. The standard InChI is InChI=1S/C24H31N3O4S/c1-16(2)26-32(30,31)15-20-8-6-19(7-9-20)14-25-23(28)22-11-12-27(24(22)29)21-10-5-17(3)18(4)13-21/h5-10,13,16,22,26H,11-12,14-15H2,1-4H3,(H,25,28). The number of anilines is 1. The highest BCUT2D eigenvalue weighted by molar-refractivity contribution is 7.88. The number of benzene rings is 2. The molecule has 0 radical (unpaired) electrons. The Labute approximate surface area is 190 Å². The summed E-state index contributed by atoms with van der Waals surface area (Å²) >= 11 is 0. The third kappa shape index (κ3) is 5.95. The maximum Gasteiger partial charge on any atom is 0.239 e. The largest absolute Gasteiger partial charge is 0.351 e. The zero-order chi connectivity index (χ0) is 23.5. The maximum atomic E-state index is 12.8. The second-order valence-corrected chi connectivity index (χ2v) is 10.4. The van der Waals surface area contributed by atoms with Gasteiger partial charge in [0.25, 0.3) is 0 Å². The molecule has 2 amide bonds. The molecule has 1 saturated heterocycles. The predicted octanol–water partition coefficient (Wildman–Crippen LogP) is 2.80. The van der Waals surface area contributed by atoms with Gasteiger partial charge in [-0.1, -0.05) is 30.3 Å². The summed E-state index contributed by atoms with van der Waals surface area (Å²) < 4.78 is 26.7. The Morgan fingerprint density at radius 3 is 2.34 bits per heavy atom. The molecule has 32 heavy (non-hydrogen) atoms. The zero-order valence-corrected chi connectivity index (χ0v) is 19.8. The van der Waals surface area contributed by atoms with E-state index in [4.69, 9.17) is 0 Å². The fourth-order valence-electron chi connectivity index (χ4n) is 3.76. The van der Waals surface area contributed by atoms with Gasteiger partial charge in [0, 0.05) is 24.8 Å². The van der Waals surface area contributed by atoms with Crippen LogP contribution in [0.5, 0.6) is 0 Å². The molecule has 8 heteroatoms.